The molecule has 0 aromatic rings. The molecule has 0 saturated carbocycles. The third-order valence-electron chi connectivity index (χ3n) is 2.35. The molecule has 0 unspecified atom stereocenters. The predicted octanol–water partition coefficient (Wildman–Crippen LogP) is -3.23. The van der Waals surface area contributed by atoms with Crippen molar-refractivity contribution in [3.8, 4) is 0 Å². The Kier molecular flexibility index (Phi) is 6.92. The molecule has 10 heteroatoms. The Morgan fingerprint density at radius 1 is 1.20 bits per heavy atom. The van der Waals surface area contributed by atoms with Crippen molar-refractivity contribution in [3.05, 3.63) is 0 Å². The molecule has 0 aliphatic rings. The average molecular weight is 308 g/mol. The van der Waals surface area contributed by atoms with Gasteiger partial charge in [-0.2, -0.15) is 0 Å². The van der Waals surface area contributed by atoms with Crippen LogP contribution < -0.4 is 22.1 Å². The maximum Gasteiger partial charge on any atom is 0.242 e. The molecule has 20 heavy (non-hydrogen) atoms. The van der Waals surface area contributed by atoms with E-state index in [1.165, 1.54) is 13.8 Å². The zero-order valence-electron chi connectivity index (χ0n) is 11.2. The molecule has 116 valence electrons. The van der Waals surface area contributed by atoms with E-state index in [4.69, 9.17) is 11.5 Å². The van der Waals surface area contributed by atoms with E-state index in [1.807, 2.05) is 0 Å². The number of thiol groups is 1. The Morgan fingerprint density at radius 3 is 2.05 bits per heavy atom. The smallest absolute Gasteiger partial charge is 0.242 e. The number of primary amides is 1. The van der Waals surface area contributed by atoms with E-state index in [2.05, 4.69) is 23.3 Å². The highest BCUT2D eigenvalue weighted by Gasteiger charge is 2.34. The van der Waals surface area contributed by atoms with E-state index in [-0.39, 0.29) is 0 Å². The molecule has 0 aromatic heterocycles. The zero-order chi connectivity index (χ0) is 16.1. The van der Waals surface area contributed by atoms with Crippen molar-refractivity contribution >= 4 is 30.4 Å². The van der Waals surface area contributed by atoms with Crippen molar-refractivity contribution in [2.75, 3.05) is 0 Å². The van der Waals surface area contributed by atoms with Gasteiger partial charge in [-0.15, -0.1) is 12.6 Å². The van der Waals surface area contributed by atoms with Gasteiger partial charge < -0.3 is 32.3 Å². The average Bonchev–Trinajstić information content (AvgIpc) is 2.25. The molecule has 0 rings (SSSR count). The lowest BCUT2D eigenvalue weighted by atomic mass is 10.1. The van der Waals surface area contributed by atoms with Crippen LogP contribution in [0.3, 0.4) is 0 Å². The van der Waals surface area contributed by atoms with Crippen molar-refractivity contribution in [2.24, 2.45) is 11.5 Å². The molecular weight excluding hydrogens is 288 g/mol. The molecule has 0 heterocycles. The maximum absolute atomic E-state index is 11.8. The van der Waals surface area contributed by atoms with Crippen molar-refractivity contribution < 1.29 is 24.6 Å². The van der Waals surface area contributed by atoms with Crippen LogP contribution in [-0.4, -0.2) is 51.2 Å². The second kappa shape index (κ2) is 7.43. The lowest BCUT2D eigenvalue weighted by Gasteiger charge is -2.28. The van der Waals surface area contributed by atoms with Gasteiger partial charge >= 0.3 is 0 Å². The number of amides is 3. The number of nitrogens with two attached hydrogens (primary N) is 2. The van der Waals surface area contributed by atoms with Gasteiger partial charge in [-0.3, -0.25) is 14.4 Å². The monoisotopic (exact) mass is 308 g/mol. The minimum Gasteiger partial charge on any atom is -0.370 e. The molecule has 0 saturated heterocycles. The van der Waals surface area contributed by atoms with Crippen molar-refractivity contribution in [1.29, 1.82) is 0 Å². The summed E-state index contributed by atoms with van der Waals surface area (Å²) in [5.74, 6) is -2.15. The highest BCUT2D eigenvalue weighted by atomic mass is 32.1. The first-order valence-corrected chi connectivity index (χ1v) is 6.21. The molecule has 0 fully saturated rings. The van der Waals surface area contributed by atoms with Gasteiger partial charge in [-0.25, -0.2) is 0 Å². The molecule has 3 atom stereocenters. The van der Waals surface area contributed by atoms with Crippen LogP contribution >= 0.6 is 12.6 Å². The van der Waals surface area contributed by atoms with Crippen LogP contribution in [0.1, 0.15) is 20.3 Å². The highest BCUT2D eigenvalue weighted by molar-refractivity contribution is 7.81. The van der Waals surface area contributed by atoms with Crippen LogP contribution in [0.25, 0.3) is 0 Å². The Hall–Kier alpha value is -1.36. The van der Waals surface area contributed by atoms with Gasteiger partial charge in [0.05, 0.1) is 12.5 Å². The molecule has 0 aliphatic heterocycles. The largest absolute Gasteiger partial charge is 0.370 e. The summed E-state index contributed by atoms with van der Waals surface area (Å²) < 4.78 is 0. The number of hydrogen-bond acceptors (Lipinski definition) is 7. The van der Waals surface area contributed by atoms with Crippen LogP contribution in [0, 0.1) is 0 Å². The van der Waals surface area contributed by atoms with Gasteiger partial charge in [-0.1, -0.05) is 0 Å². The molecule has 0 aromatic carbocycles. The van der Waals surface area contributed by atoms with Crippen molar-refractivity contribution in [2.45, 2.75) is 43.5 Å². The summed E-state index contributed by atoms with van der Waals surface area (Å²) in [5.41, 5.74) is 10.3. The van der Waals surface area contributed by atoms with Gasteiger partial charge in [0, 0.05) is 0 Å². The van der Waals surface area contributed by atoms with Crippen LogP contribution in [0.4, 0.5) is 0 Å². The van der Waals surface area contributed by atoms with E-state index in [0.717, 1.165) is 0 Å². The predicted molar refractivity (Wildman–Crippen MR) is 73.2 cm³/mol. The molecular formula is C10H20N4O5S. The summed E-state index contributed by atoms with van der Waals surface area (Å²) in [7, 11) is 0. The number of carbonyl (C=O) groups is 3. The van der Waals surface area contributed by atoms with Crippen LogP contribution in [0.15, 0.2) is 0 Å². The van der Waals surface area contributed by atoms with Crippen molar-refractivity contribution in [1.82, 2.24) is 10.6 Å². The minimum absolute atomic E-state index is 0.532. The molecule has 9 nitrogen and oxygen atoms in total. The molecule has 0 aliphatic carbocycles. The number of nitrogens with one attached hydrogen (secondary N) is 2. The standard InChI is InChI=1S/C10H20N4O5S/c1-4(11)8(16)13-5(2)9(17)14-6(3-7(12)15)10(18,19)20/h4-6,18-20H,3,11H2,1-2H3,(H2,12,15)(H,13,16)(H,14,17)/t4-,5-,6-/m0/s1. The molecule has 0 spiro atoms. The summed E-state index contributed by atoms with van der Waals surface area (Å²) in [4.78, 5) is 33.9. The van der Waals surface area contributed by atoms with E-state index in [1.54, 1.807) is 0 Å². The Bertz CT molecular complexity index is 382. The van der Waals surface area contributed by atoms with E-state index >= 15 is 0 Å². The fourth-order valence-corrected chi connectivity index (χ4v) is 1.35. The summed E-state index contributed by atoms with van der Waals surface area (Å²) >= 11 is 3.45. The Labute approximate surface area is 121 Å². The molecule has 3 amide bonds. The third kappa shape index (κ3) is 6.70. The number of rotatable bonds is 7. The van der Waals surface area contributed by atoms with E-state index < -0.39 is 47.4 Å². The molecule has 0 radical (unpaired) electrons. The van der Waals surface area contributed by atoms with Gasteiger partial charge in [0.2, 0.25) is 22.8 Å². The molecule has 0 bridgehead atoms. The number of aliphatic hydroxyl groups is 2. The third-order valence-corrected chi connectivity index (χ3v) is 2.67. The summed E-state index contributed by atoms with van der Waals surface area (Å²) in [6, 6.07) is -3.21. The lowest BCUT2D eigenvalue weighted by molar-refractivity contribution is -0.138. The van der Waals surface area contributed by atoms with Crippen LogP contribution in [0.5, 0.6) is 0 Å². The Balaban J connectivity index is 4.68. The van der Waals surface area contributed by atoms with Gasteiger partial charge in [0.15, 0.2) is 0 Å². The topological polar surface area (TPSA) is 168 Å². The van der Waals surface area contributed by atoms with Crippen LogP contribution in [0.2, 0.25) is 0 Å². The SMILES string of the molecule is C[C@H](N)C(=O)N[C@@H](C)C(=O)N[C@@H](CC(N)=O)C(O)(O)S. The fraction of sp³-hybridized carbons (Fsp3) is 0.700. The lowest BCUT2D eigenvalue weighted by Crippen LogP contribution is -2.56. The normalized spacial score (nSPS) is 15.9. The first-order chi connectivity index (χ1) is 8.95. The van der Waals surface area contributed by atoms with Gasteiger partial charge in [0.25, 0.3) is 0 Å². The Morgan fingerprint density at radius 2 is 1.70 bits per heavy atom. The first-order valence-electron chi connectivity index (χ1n) is 5.77. The summed E-state index contributed by atoms with van der Waals surface area (Å²) in [6.07, 6.45) is -0.532. The maximum atomic E-state index is 11.8. The zero-order valence-corrected chi connectivity index (χ0v) is 12.1. The second-order valence-corrected chi connectivity index (χ2v) is 5.10. The number of hydrogen-bond donors (Lipinski definition) is 7. The van der Waals surface area contributed by atoms with E-state index in [9.17, 15) is 24.6 Å². The van der Waals surface area contributed by atoms with E-state index in [0.29, 0.717) is 0 Å². The number of carbonyl (C=O) groups excluding carboxylic acids is 3. The quantitative estimate of drug-likeness (QED) is 0.193. The molecule has 8 N–H and O–H groups in total. The van der Waals surface area contributed by atoms with Crippen LogP contribution in [-0.2, 0) is 14.4 Å². The summed E-state index contributed by atoms with van der Waals surface area (Å²) in [5, 5.41) is 20.5. The van der Waals surface area contributed by atoms with Gasteiger partial charge in [0.1, 0.15) is 12.1 Å². The first kappa shape index (κ1) is 18.6. The summed E-state index contributed by atoms with van der Waals surface area (Å²) in [6.45, 7) is 2.81. The van der Waals surface area contributed by atoms with Crippen molar-refractivity contribution in [3.63, 3.8) is 0 Å². The highest BCUT2D eigenvalue weighted by Crippen LogP contribution is 2.14. The second-order valence-electron chi connectivity index (χ2n) is 4.44. The van der Waals surface area contributed by atoms with Gasteiger partial charge in [-0.05, 0) is 13.8 Å². The minimum atomic E-state index is -2.63. The fourth-order valence-electron chi connectivity index (χ4n) is 1.19.